The maximum Gasteiger partial charge on any atom is 0.0360 e. The number of benzene rings is 2. The van der Waals surface area contributed by atoms with Crippen molar-refractivity contribution in [2.75, 3.05) is 6.54 Å². The van der Waals surface area contributed by atoms with Gasteiger partial charge in [-0.1, -0.05) is 69.3 Å². The van der Waals surface area contributed by atoms with Crippen LogP contribution in [-0.2, 0) is 6.42 Å². The molecule has 0 spiro atoms. The molecule has 2 aromatic carbocycles. The van der Waals surface area contributed by atoms with Gasteiger partial charge in [-0.05, 0) is 48.1 Å². The van der Waals surface area contributed by atoms with Gasteiger partial charge in [0, 0.05) is 6.04 Å². The Bertz CT molecular complexity index is 554. The van der Waals surface area contributed by atoms with E-state index >= 15 is 0 Å². The van der Waals surface area contributed by atoms with Crippen molar-refractivity contribution in [3.63, 3.8) is 0 Å². The van der Waals surface area contributed by atoms with E-state index in [0.717, 1.165) is 13.0 Å². The van der Waals surface area contributed by atoms with Gasteiger partial charge >= 0.3 is 0 Å². The topological polar surface area (TPSA) is 12.0 Å². The quantitative estimate of drug-likeness (QED) is 0.784. The molecule has 1 nitrogen and oxygen atoms in total. The molecule has 1 heteroatoms. The molecule has 0 amide bonds. The standard InChI is InChI=1S/C20H27N/c1-5-21-20(14-19-9-7-6-8-16(19)4)18-12-10-17(11-13-18)15(2)3/h6-13,15,20-21H,5,14H2,1-4H3. The van der Waals surface area contributed by atoms with E-state index in [9.17, 15) is 0 Å². The number of hydrogen-bond donors (Lipinski definition) is 1. The van der Waals surface area contributed by atoms with E-state index in [2.05, 4.69) is 81.5 Å². The zero-order valence-electron chi connectivity index (χ0n) is 13.7. The molecule has 0 aromatic heterocycles. The van der Waals surface area contributed by atoms with Gasteiger partial charge < -0.3 is 5.32 Å². The fourth-order valence-corrected chi connectivity index (χ4v) is 2.73. The lowest BCUT2D eigenvalue weighted by Crippen LogP contribution is -2.23. The van der Waals surface area contributed by atoms with Crippen molar-refractivity contribution in [3.8, 4) is 0 Å². The van der Waals surface area contributed by atoms with Crippen molar-refractivity contribution in [1.82, 2.24) is 5.32 Å². The van der Waals surface area contributed by atoms with E-state index in [-0.39, 0.29) is 0 Å². The second-order valence-corrected chi connectivity index (χ2v) is 6.06. The largest absolute Gasteiger partial charge is 0.310 e. The fourth-order valence-electron chi connectivity index (χ4n) is 2.73. The minimum absolute atomic E-state index is 0.386. The van der Waals surface area contributed by atoms with Crippen LogP contribution in [0, 0.1) is 6.92 Å². The second kappa shape index (κ2) is 7.42. The molecular formula is C20H27N. The van der Waals surface area contributed by atoms with Crippen LogP contribution in [0.3, 0.4) is 0 Å². The first-order chi connectivity index (χ1) is 10.1. The van der Waals surface area contributed by atoms with Gasteiger partial charge in [-0.15, -0.1) is 0 Å². The van der Waals surface area contributed by atoms with E-state index in [1.165, 1.54) is 22.3 Å². The third-order valence-electron chi connectivity index (χ3n) is 4.14. The Kier molecular flexibility index (Phi) is 5.58. The predicted molar refractivity (Wildman–Crippen MR) is 91.8 cm³/mol. The molecule has 21 heavy (non-hydrogen) atoms. The highest BCUT2D eigenvalue weighted by Gasteiger charge is 2.12. The van der Waals surface area contributed by atoms with E-state index in [4.69, 9.17) is 0 Å². The Morgan fingerprint density at radius 1 is 0.905 bits per heavy atom. The van der Waals surface area contributed by atoms with Crippen LogP contribution in [0.15, 0.2) is 48.5 Å². The summed E-state index contributed by atoms with van der Waals surface area (Å²) in [6, 6.07) is 18.2. The van der Waals surface area contributed by atoms with Crippen molar-refractivity contribution in [3.05, 3.63) is 70.8 Å². The van der Waals surface area contributed by atoms with Gasteiger partial charge in [0.05, 0.1) is 0 Å². The maximum absolute atomic E-state index is 3.62. The van der Waals surface area contributed by atoms with Crippen LogP contribution in [0.2, 0.25) is 0 Å². The SMILES string of the molecule is CCNC(Cc1ccccc1C)c1ccc(C(C)C)cc1. The Hall–Kier alpha value is -1.60. The molecule has 0 aliphatic heterocycles. The molecule has 112 valence electrons. The zero-order valence-corrected chi connectivity index (χ0v) is 13.7. The average Bonchev–Trinajstić information content (AvgIpc) is 2.49. The fraction of sp³-hybridized carbons (Fsp3) is 0.400. The van der Waals surface area contributed by atoms with Gasteiger partial charge in [0.1, 0.15) is 0 Å². The van der Waals surface area contributed by atoms with Crippen molar-refractivity contribution in [1.29, 1.82) is 0 Å². The van der Waals surface area contributed by atoms with Gasteiger partial charge in [0.25, 0.3) is 0 Å². The van der Waals surface area contributed by atoms with Crippen LogP contribution in [0.5, 0.6) is 0 Å². The molecule has 1 N–H and O–H groups in total. The molecule has 2 aromatic rings. The minimum atomic E-state index is 0.386. The Morgan fingerprint density at radius 2 is 1.52 bits per heavy atom. The molecule has 0 aliphatic carbocycles. The summed E-state index contributed by atoms with van der Waals surface area (Å²) in [5.41, 5.74) is 5.59. The number of rotatable bonds is 6. The molecule has 1 atom stereocenters. The molecule has 0 saturated carbocycles. The van der Waals surface area contributed by atoms with Gasteiger partial charge in [-0.3, -0.25) is 0 Å². The summed E-state index contributed by atoms with van der Waals surface area (Å²) in [5, 5.41) is 3.62. The van der Waals surface area contributed by atoms with Gasteiger partial charge in [-0.2, -0.15) is 0 Å². The summed E-state index contributed by atoms with van der Waals surface area (Å²) in [4.78, 5) is 0. The molecular weight excluding hydrogens is 254 g/mol. The van der Waals surface area contributed by atoms with Crippen molar-refractivity contribution >= 4 is 0 Å². The lowest BCUT2D eigenvalue weighted by Gasteiger charge is -2.20. The third kappa shape index (κ3) is 4.18. The molecule has 0 heterocycles. The zero-order chi connectivity index (χ0) is 15.2. The Balaban J connectivity index is 2.20. The highest BCUT2D eigenvalue weighted by atomic mass is 14.9. The van der Waals surface area contributed by atoms with Gasteiger partial charge in [0.2, 0.25) is 0 Å². The second-order valence-electron chi connectivity index (χ2n) is 6.06. The van der Waals surface area contributed by atoms with Crippen LogP contribution in [0.25, 0.3) is 0 Å². The summed E-state index contributed by atoms with van der Waals surface area (Å²) >= 11 is 0. The average molecular weight is 281 g/mol. The number of nitrogens with one attached hydrogen (secondary N) is 1. The summed E-state index contributed by atoms with van der Waals surface area (Å²) in [5.74, 6) is 0.591. The molecule has 1 unspecified atom stereocenters. The Morgan fingerprint density at radius 3 is 2.10 bits per heavy atom. The Labute approximate surface area is 129 Å². The molecule has 2 rings (SSSR count). The van der Waals surface area contributed by atoms with Crippen LogP contribution in [0.1, 0.15) is 55.0 Å². The van der Waals surface area contributed by atoms with Crippen LogP contribution in [-0.4, -0.2) is 6.54 Å². The van der Waals surface area contributed by atoms with Crippen molar-refractivity contribution in [2.24, 2.45) is 0 Å². The maximum atomic E-state index is 3.62. The summed E-state index contributed by atoms with van der Waals surface area (Å²) in [6.45, 7) is 9.84. The number of aryl methyl sites for hydroxylation is 1. The van der Waals surface area contributed by atoms with E-state index in [0.29, 0.717) is 12.0 Å². The number of likely N-dealkylation sites (N-methyl/N-ethyl adjacent to an activating group) is 1. The van der Waals surface area contributed by atoms with Crippen molar-refractivity contribution < 1.29 is 0 Å². The molecule has 0 bridgehead atoms. The summed E-state index contributed by atoms with van der Waals surface area (Å²) in [7, 11) is 0. The monoisotopic (exact) mass is 281 g/mol. The highest BCUT2D eigenvalue weighted by Crippen LogP contribution is 2.23. The van der Waals surface area contributed by atoms with Gasteiger partial charge in [0.15, 0.2) is 0 Å². The van der Waals surface area contributed by atoms with Crippen molar-refractivity contribution in [2.45, 2.75) is 46.1 Å². The lowest BCUT2D eigenvalue weighted by molar-refractivity contribution is 0.548. The smallest absolute Gasteiger partial charge is 0.0360 e. The molecule has 0 fully saturated rings. The van der Waals surface area contributed by atoms with E-state index in [1.807, 2.05) is 0 Å². The molecule has 0 saturated heterocycles. The minimum Gasteiger partial charge on any atom is -0.310 e. The first kappa shape index (κ1) is 15.8. The summed E-state index contributed by atoms with van der Waals surface area (Å²) < 4.78 is 0. The first-order valence-corrected chi connectivity index (χ1v) is 7.99. The number of hydrogen-bond acceptors (Lipinski definition) is 1. The predicted octanol–water partition coefficient (Wildman–Crippen LogP) is 5.01. The molecule has 0 radical (unpaired) electrons. The normalized spacial score (nSPS) is 12.6. The first-order valence-electron chi connectivity index (χ1n) is 7.99. The van der Waals surface area contributed by atoms with Crippen LogP contribution in [0.4, 0.5) is 0 Å². The lowest BCUT2D eigenvalue weighted by atomic mass is 9.94. The van der Waals surface area contributed by atoms with E-state index < -0.39 is 0 Å². The highest BCUT2D eigenvalue weighted by molar-refractivity contribution is 5.31. The molecule has 0 aliphatic rings. The van der Waals surface area contributed by atoms with Crippen LogP contribution < -0.4 is 5.32 Å². The van der Waals surface area contributed by atoms with Gasteiger partial charge in [-0.25, -0.2) is 0 Å². The van der Waals surface area contributed by atoms with Crippen LogP contribution >= 0.6 is 0 Å². The third-order valence-corrected chi connectivity index (χ3v) is 4.14. The summed E-state index contributed by atoms with van der Waals surface area (Å²) in [6.07, 6.45) is 1.04. The van der Waals surface area contributed by atoms with E-state index in [1.54, 1.807) is 0 Å².